The molecule has 0 bridgehead atoms. The highest BCUT2D eigenvalue weighted by Gasteiger charge is 2.04. The lowest BCUT2D eigenvalue weighted by atomic mass is 10.5. The summed E-state index contributed by atoms with van der Waals surface area (Å²) in [5.41, 5.74) is 2.43. The van der Waals surface area contributed by atoms with Crippen molar-refractivity contribution in [2.75, 3.05) is 13.2 Å². The van der Waals surface area contributed by atoms with Crippen molar-refractivity contribution in [3.63, 3.8) is 0 Å². The third kappa shape index (κ3) is 2.33. The van der Waals surface area contributed by atoms with Crippen LogP contribution in [0, 0.1) is 0 Å². The predicted octanol–water partition coefficient (Wildman–Crippen LogP) is -0.937. The second-order valence-corrected chi connectivity index (χ2v) is 1.97. The van der Waals surface area contributed by atoms with E-state index in [-0.39, 0.29) is 13.2 Å². The Hall–Kier alpha value is -1.40. The first kappa shape index (κ1) is 8.69. The summed E-state index contributed by atoms with van der Waals surface area (Å²) >= 11 is 0. The van der Waals surface area contributed by atoms with Gasteiger partial charge >= 0.3 is 0 Å². The number of carbonyl (C=O) groups excluding carboxylic acids is 1. The average Bonchev–Trinajstić information content (AvgIpc) is 2.56. The molecule has 1 aromatic rings. The largest absolute Gasteiger partial charge is 0.394 e. The lowest BCUT2D eigenvalue weighted by Gasteiger charge is -2.01. The number of carbonyl (C=O) groups is 1. The van der Waals surface area contributed by atoms with Crippen LogP contribution in [0.15, 0.2) is 12.5 Å². The van der Waals surface area contributed by atoms with Crippen molar-refractivity contribution in [1.82, 2.24) is 15.4 Å². The fourth-order valence-corrected chi connectivity index (χ4v) is 0.597. The molecular formula is C6H9N3O3. The molecule has 66 valence electrons. The van der Waals surface area contributed by atoms with Crippen LogP contribution < -0.4 is 5.48 Å². The van der Waals surface area contributed by atoms with Crippen molar-refractivity contribution in [2.24, 2.45) is 0 Å². The molecule has 1 aromatic heterocycles. The average molecular weight is 171 g/mol. The van der Waals surface area contributed by atoms with Gasteiger partial charge < -0.3 is 10.1 Å². The second kappa shape index (κ2) is 4.47. The number of aromatic amines is 1. The molecule has 0 aliphatic rings. The smallest absolute Gasteiger partial charge is 0.292 e. The topological polar surface area (TPSA) is 87.2 Å². The summed E-state index contributed by atoms with van der Waals surface area (Å²) in [5.74, 6) is -0.416. The third-order valence-corrected chi connectivity index (χ3v) is 1.10. The van der Waals surface area contributed by atoms with E-state index < -0.39 is 5.91 Å². The van der Waals surface area contributed by atoms with Gasteiger partial charge in [0, 0.05) is 0 Å². The lowest BCUT2D eigenvalue weighted by molar-refractivity contribution is 0.0165. The molecule has 3 N–H and O–H groups in total. The number of hydrogen-bond acceptors (Lipinski definition) is 4. The minimum Gasteiger partial charge on any atom is -0.394 e. The molecule has 0 saturated carbocycles. The van der Waals surface area contributed by atoms with Gasteiger partial charge in [-0.2, -0.15) is 0 Å². The summed E-state index contributed by atoms with van der Waals surface area (Å²) in [6.07, 6.45) is 2.76. The Morgan fingerprint density at radius 2 is 2.67 bits per heavy atom. The van der Waals surface area contributed by atoms with Gasteiger partial charge in [0.25, 0.3) is 5.91 Å². The number of amides is 1. The van der Waals surface area contributed by atoms with Crippen LogP contribution in [-0.2, 0) is 4.84 Å². The maximum atomic E-state index is 11.0. The highest BCUT2D eigenvalue weighted by Crippen LogP contribution is 1.89. The molecule has 0 spiro atoms. The lowest BCUT2D eigenvalue weighted by Crippen LogP contribution is -2.25. The molecule has 0 saturated heterocycles. The van der Waals surface area contributed by atoms with Gasteiger partial charge in [0.05, 0.1) is 25.7 Å². The van der Waals surface area contributed by atoms with Crippen molar-refractivity contribution in [2.45, 2.75) is 0 Å². The number of aromatic nitrogens is 2. The number of nitrogens with zero attached hydrogens (tertiary/aromatic N) is 1. The first-order valence-corrected chi connectivity index (χ1v) is 3.36. The van der Waals surface area contributed by atoms with E-state index in [9.17, 15) is 4.79 Å². The highest BCUT2D eigenvalue weighted by atomic mass is 16.7. The van der Waals surface area contributed by atoms with Crippen molar-refractivity contribution in [1.29, 1.82) is 0 Å². The Kier molecular flexibility index (Phi) is 3.24. The zero-order valence-electron chi connectivity index (χ0n) is 6.28. The van der Waals surface area contributed by atoms with Gasteiger partial charge in [0.1, 0.15) is 5.69 Å². The van der Waals surface area contributed by atoms with Crippen molar-refractivity contribution >= 4 is 5.91 Å². The summed E-state index contributed by atoms with van der Waals surface area (Å²) in [5, 5.41) is 8.31. The fraction of sp³-hybridized carbons (Fsp3) is 0.333. The number of rotatable bonds is 4. The quantitative estimate of drug-likeness (QED) is 0.403. The summed E-state index contributed by atoms with van der Waals surface area (Å²) < 4.78 is 0. The van der Waals surface area contributed by atoms with E-state index in [1.807, 2.05) is 0 Å². The Morgan fingerprint density at radius 1 is 1.83 bits per heavy atom. The van der Waals surface area contributed by atoms with Crippen LogP contribution in [0.25, 0.3) is 0 Å². The SMILES string of the molecule is O=C(NOCCO)c1cnc[nH]1. The minimum absolute atomic E-state index is 0.0693. The van der Waals surface area contributed by atoms with Crippen molar-refractivity contribution < 1.29 is 14.7 Å². The zero-order chi connectivity index (χ0) is 8.81. The van der Waals surface area contributed by atoms with Crippen LogP contribution in [0.3, 0.4) is 0 Å². The maximum Gasteiger partial charge on any atom is 0.292 e. The first-order valence-electron chi connectivity index (χ1n) is 3.36. The third-order valence-electron chi connectivity index (χ3n) is 1.10. The van der Waals surface area contributed by atoms with Crippen LogP contribution in [0.2, 0.25) is 0 Å². The van der Waals surface area contributed by atoms with Gasteiger partial charge in [-0.05, 0) is 0 Å². The molecule has 6 heteroatoms. The van der Waals surface area contributed by atoms with Crippen LogP contribution in [0.1, 0.15) is 10.5 Å². The number of nitrogens with one attached hydrogen (secondary N) is 2. The number of hydroxylamine groups is 1. The zero-order valence-corrected chi connectivity index (χ0v) is 6.28. The second-order valence-electron chi connectivity index (χ2n) is 1.97. The molecule has 0 unspecified atom stereocenters. The summed E-state index contributed by atoms with van der Waals surface area (Å²) in [6, 6.07) is 0. The molecule has 0 aliphatic heterocycles. The molecule has 0 atom stereocenters. The number of H-pyrrole nitrogens is 1. The van der Waals surface area contributed by atoms with E-state index in [0.29, 0.717) is 5.69 Å². The van der Waals surface area contributed by atoms with Gasteiger partial charge in [-0.3, -0.25) is 9.63 Å². The van der Waals surface area contributed by atoms with Gasteiger partial charge in [-0.15, -0.1) is 0 Å². The first-order chi connectivity index (χ1) is 5.84. The molecule has 6 nitrogen and oxygen atoms in total. The Labute approximate surface area is 68.5 Å². The Morgan fingerprint density at radius 3 is 3.25 bits per heavy atom. The Bertz CT molecular complexity index is 234. The number of aliphatic hydroxyl groups is 1. The van der Waals surface area contributed by atoms with E-state index in [2.05, 4.69) is 20.3 Å². The minimum atomic E-state index is -0.416. The maximum absolute atomic E-state index is 11.0. The van der Waals surface area contributed by atoms with E-state index in [1.165, 1.54) is 12.5 Å². The molecule has 0 radical (unpaired) electrons. The molecule has 12 heavy (non-hydrogen) atoms. The summed E-state index contributed by atoms with van der Waals surface area (Å²) in [6.45, 7) is -0.0663. The van der Waals surface area contributed by atoms with Crippen LogP contribution in [-0.4, -0.2) is 34.2 Å². The van der Waals surface area contributed by atoms with E-state index in [0.717, 1.165) is 0 Å². The Balaban J connectivity index is 2.30. The molecule has 1 rings (SSSR count). The monoisotopic (exact) mass is 171 g/mol. The summed E-state index contributed by atoms with van der Waals surface area (Å²) in [7, 11) is 0. The van der Waals surface area contributed by atoms with Crippen LogP contribution in [0.4, 0.5) is 0 Å². The summed E-state index contributed by atoms with van der Waals surface area (Å²) in [4.78, 5) is 21.8. The van der Waals surface area contributed by atoms with Gasteiger partial charge in [0.15, 0.2) is 0 Å². The van der Waals surface area contributed by atoms with E-state index in [1.54, 1.807) is 0 Å². The van der Waals surface area contributed by atoms with Gasteiger partial charge in [0.2, 0.25) is 0 Å². The normalized spacial score (nSPS) is 9.75. The van der Waals surface area contributed by atoms with Crippen LogP contribution in [0.5, 0.6) is 0 Å². The van der Waals surface area contributed by atoms with Gasteiger partial charge in [-0.1, -0.05) is 0 Å². The molecule has 0 fully saturated rings. The predicted molar refractivity (Wildman–Crippen MR) is 39.1 cm³/mol. The highest BCUT2D eigenvalue weighted by molar-refractivity contribution is 5.91. The van der Waals surface area contributed by atoms with Crippen molar-refractivity contribution in [3.05, 3.63) is 18.2 Å². The van der Waals surface area contributed by atoms with Crippen molar-refractivity contribution in [3.8, 4) is 0 Å². The number of hydrogen-bond donors (Lipinski definition) is 3. The van der Waals surface area contributed by atoms with Gasteiger partial charge in [-0.25, -0.2) is 10.5 Å². The molecule has 1 heterocycles. The number of imidazole rings is 1. The molecule has 0 aromatic carbocycles. The number of aliphatic hydroxyl groups excluding tert-OH is 1. The fourth-order valence-electron chi connectivity index (χ4n) is 0.597. The molecular weight excluding hydrogens is 162 g/mol. The van der Waals surface area contributed by atoms with Crippen LogP contribution >= 0.6 is 0 Å². The molecule has 1 amide bonds. The standard InChI is InChI=1S/C6H9N3O3/c10-1-2-12-9-6(11)5-3-7-4-8-5/h3-4,10H,1-2H2,(H,7,8)(H,9,11). The van der Waals surface area contributed by atoms with E-state index in [4.69, 9.17) is 5.11 Å². The van der Waals surface area contributed by atoms with E-state index >= 15 is 0 Å². The molecule has 0 aliphatic carbocycles.